The van der Waals surface area contributed by atoms with Crippen LogP contribution in [0.4, 0.5) is 4.39 Å². The molecule has 1 atom stereocenters. The maximum atomic E-state index is 13.1. The van der Waals surface area contributed by atoms with Crippen LogP contribution in [-0.2, 0) is 9.59 Å². The Bertz CT molecular complexity index is 556. The molecule has 1 aromatic carbocycles. The Hall–Kier alpha value is -2.17. The fraction of sp³-hybridized carbons (Fsp3) is 0.375. The topological polar surface area (TPSA) is 57.6 Å². The predicted molar refractivity (Wildman–Crippen MR) is 77.0 cm³/mol. The van der Waals surface area contributed by atoms with Gasteiger partial charge in [-0.05, 0) is 36.6 Å². The van der Waals surface area contributed by atoms with E-state index in [4.69, 9.17) is 0 Å². The van der Waals surface area contributed by atoms with Gasteiger partial charge in [0, 0.05) is 12.6 Å². The Labute approximate surface area is 122 Å². The van der Waals surface area contributed by atoms with E-state index in [0.717, 1.165) is 19.3 Å². The summed E-state index contributed by atoms with van der Waals surface area (Å²) in [6, 6.07) is 5.13. The van der Waals surface area contributed by atoms with Crippen molar-refractivity contribution in [3.05, 3.63) is 41.7 Å². The third-order valence-corrected chi connectivity index (χ3v) is 3.59. The molecule has 1 amide bonds. The monoisotopic (exact) mass is 291 g/mol. The number of halogens is 1. The molecular formula is C16H18FNO3. The molecule has 112 valence electrons. The summed E-state index contributed by atoms with van der Waals surface area (Å²) in [6.45, 7) is 0.448. The van der Waals surface area contributed by atoms with Crippen molar-refractivity contribution in [2.24, 2.45) is 0 Å². The highest BCUT2D eigenvalue weighted by Crippen LogP contribution is 2.18. The highest BCUT2D eigenvalue weighted by atomic mass is 19.1. The second-order valence-electron chi connectivity index (χ2n) is 5.12. The minimum atomic E-state index is -0.968. The van der Waals surface area contributed by atoms with Crippen molar-refractivity contribution in [3.8, 4) is 0 Å². The van der Waals surface area contributed by atoms with E-state index in [1.54, 1.807) is 12.1 Å². The molecule has 0 aromatic heterocycles. The van der Waals surface area contributed by atoms with E-state index < -0.39 is 12.0 Å². The molecule has 1 fully saturated rings. The lowest BCUT2D eigenvalue weighted by Crippen LogP contribution is -2.43. The Kier molecular flexibility index (Phi) is 5.09. The number of carboxylic acid groups (broad SMARTS) is 1. The van der Waals surface area contributed by atoms with Crippen LogP contribution in [-0.4, -0.2) is 34.5 Å². The van der Waals surface area contributed by atoms with Gasteiger partial charge in [-0.3, -0.25) is 4.79 Å². The van der Waals surface area contributed by atoms with Crippen LogP contribution in [0.5, 0.6) is 0 Å². The summed E-state index contributed by atoms with van der Waals surface area (Å²) in [4.78, 5) is 24.9. The summed E-state index contributed by atoms with van der Waals surface area (Å²) in [5, 5.41) is 9.24. The zero-order valence-corrected chi connectivity index (χ0v) is 11.7. The third kappa shape index (κ3) is 4.15. The maximum absolute atomic E-state index is 13.1. The number of nitrogens with zero attached hydrogens (tertiary/aromatic N) is 1. The number of carbonyl (C=O) groups is 2. The molecule has 0 aliphatic carbocycles. The number of carboxylic acids is 1. The molecule has 1 aliphatic rings. The molecule has 1 saturated heterocycles. The lowest BCUT2D eigenvalue weighted by atomic mass is 10.1. The van der Waals surface area contributed by atoms with Crippen LogP contribution in [0.3, 0.4) is 0 Å². The summed E-state index contributed by atoms with van der Waals surface area (Å²) in [7, 11) is 0. The molecule has 5 heteroatoms. The summed E-state index contributed by atoms with van der Waals surface area (Å²) in [5.74, 6) is -1.68. The number of hydrogen-bond donors (Lipinski definition) is 1. The lowest BCUT2D eigenvalue weighted by molar-refractivity contribution is -0.148. The SMILES string of the molecule is O=C(O)C1CCCCCN1C(=O)C=Cc1cccc(F)c1. The number of carbonyl (C=O) groups excluding carboxylic acids is 1. The predicted octanol–water partition coefficient (Wildman–Crippen LogP) is 2.69. The van der Waals surface area contributed by atoms with Crippen LogP contribution < -0.4 is 0 Å². The van der Waals surface area contributed by atoms with E-state index in [-0.39, 0.29) is 11.7 Å². The van der Waals surface area contributed by atoms with Gasteiger partial charge in [-0.15, -0.1) is 0 Å². The van der Waals surface area contributed by atoms with E-state index in [1.165, 1.54) is 29.2 Å². The Morgan fingerprint density at radius 3 is 2.81 bits per heavy atom. The first-order valence-electron chi connectivity index (χ1n) is 7.05. The smallest absolute Gasteiger partial charge is 0.326 e. The number of likely N-dealkylation sites (tertiary alicyclic amines) is 1. The highest BCUT2D eigenvalue weighted by molar-refractivity contribution is 5.94. The minimum Gasteiger partial charge on any atom is -0.480 e. The molecule has 0 spiro atoms. The van der Waals surface area contributed by atoms with Crippen LogP contribution in [0.15, 0.2) is 30.3 Å². The first-order valence-corrected chi connectivity index (χ1v) is 7.05. The maximum Gasteiger partial charge on any atom is 0.326 e. The largest absolute Gasteiger partial charge is 0.480 e. The Morgan fingerprint density at radius 2 is 2.10 bits per heavy atom. The summed E-state index contributed by atoms with van der Waals surface area (Å²) in [6.07, 6.45) is 5.86. The zero-order valence-electron chi connectivity index (χ0n) is 11.7. The van der Waals surface area contributed by atoms with Gasteiger partial charge in [-0.2, -0.15) is 0 Å². The number of rotatable bonds is 3. The van der Waals surface area contributed by atoms with E-state index in [1.807, 2.05) is 0 Å². The number of hydrogen-bond acceptors (Lipinski definition) is 2. The summed E-state index contributed by atoms with van der Waals surface area (Å²) < 4.78 is 13.1. The fourth-order valence-corrected chi connectivity index (χ4v) is 2.50. The van der Waals surface area contributed by atoms with Gasteiger partial charge in [-0.1, -0.05) is 25.0 Å². The second kappa shape index (κ2) is 7.02. The van der Waals surface area contributed by atoms with Gasteiger partial charge in [-0.25, -0.2) is 9.18 Å². The van der Waals surface area contributed by atoms with E-state index in [0.29, 0.717) is 18.5 Å². The van der Waals surface area contributed by atoms with Crippen molar-refractivity contribution >= 4 is 18.0 Å². The average molecular weight is 291 g/mol. The van der Waals surface area contributed by atoms with Gasteiger partial charge < -0.3 is 10.0 Å². The van der Waals surface area contributed by atoms with Crippen molar-refractivity contribution in [2.75, 3.05) is 6.54 Å². The van der Waals surface area contributed by atoms with E-state index >= 15 is 0 Å². The third-order valence-electron chi connectivity index (χ3n) is 3.59. The molecule has 2 rings (SSSR count). The quantitative estimate of drug-likeness (QED) is 0.871. The Morgan fingerprint density at radius 1 is 1.29 bits per heavy atom. The molecule has 1 heterocycles. The first kappa shape index (κ1) is 15.2. The summed E-state index contributed by atoms with van der Waals surface area (Å²) >= 11 is 0. The molecular weight excluding hydrogens is 273 g/mol. The molecule has 1 unspecified atom stereocenters. The lowest BCUT2D eigenvalue weighted by Gasteiger charge is -2.25. The van der Waals surface area contributed by atoms with Gasteiger partial charge in [0.1, 0.15) is 11.9 Å². The van der Waals surface area contributed by atoms with E-state index in [9.17, 15) is 19.1 Å². The van der Waals surface area contributed by atoms with Crippen molar-refractivity contribution in [1.82, 2.24) is 4.90 Å². The van der Waals surface area contributed by atoms with Crippen LogP contribution >= 0.6 is 0 Å². The molecule has 0 saturated carbocycles. The molecule has 1 aromatic rings. The van der Waals surface area contributed by atoms with Crippen LogP contribution in [0.2, 0.25) is 0 Å². The average Bonchev–Trinajstić information content (AvgIpc) is 2.70. The van der Waals surface area contributed by atoms with Crippen LogP contribution in [0, 0.1) is 5.82 Å². The van der Waals surface area contributed by atoms with Crippen LogP contribution in [0.25, 0.3) is 6.08 Å². The van der Waals surface area contributed by atoms with Crippen molar-refractivity contribution in [1.29, 1.82) is 0 Å². The van der Waals surface area contributed by atoms with Gasteiger partial charge in [0.2, 0.25) is 5.91 Å². The molecule has 21 heavy (non-hydrogen) atoms. The molecule has 0 radical (unpaired) electrons. The van der Waals surface area contributed by atoms with Crippen molar-refractivity contribution in [2.45, 2.75) is 31.7 Å². The second-order valence-corrected chi connectivity index (χ2v) is 5.12. The van der Waals surface area contributed by atoms with Gasteiger partial charge >= 0.3 is 5.97 Å². The van der Waals surface area contributed by atoms with Gasteiger partial charge in [0.25, 0.3) is 0 Å². The molecule has 1 N–H and O–H groups in total. The van der Waals surface area contributed by atoms with Crippen LogP contribution in [0.1, 0.15) is 31.2 Å². The number of aliphatic carboxylic acids is 1. The molecule has 1 aliphatic heterocycles. The zero-order chi connectivity index (χ0) is 15.2. The first-order chi connectivity index (χ1) is 10.1. The highest BCUT2D eigenvalue weighted by Gasteiger charge is 2.29. The Balaban J connectivity index is 2.11. The van der Waals surface area contributed by atoms with Crippen molar-refractivity contribution < 1.29 is 19.1 Å². The summed E-state index contributed by atoms with van der Waals surface area (Å²) in [5.41, 5.74) is 0.574. The number of benzene rings is 1. The van der Waals surface area contributed by atoms with Crippen molar-refractivity contribution in [3.63, 3.8) is 0 Å². The molecule has 4 nitrogen and oxygen atoms in total. The van der Waals surface area contributed by atoms with Gasteiger partial charge in [0.15, 0.2) is 0 Å². The number of amides is 1. The standard InChI is InChI=1S/C16H18FNO3/c17-13-6-4-5-12(11-13)8-9-15(19)18-10-3-1-2-7-14(18)16(20)21/h4-6,8-9,11,14H,1-3,7,10H2,(H,20,21). The fourth-order valence-electron chi connectivity index (χ4n) is 2.50. The molecule has 0 bridgehead atoms. The van der Waals surface area contributed by atoms with Gasteiger partial charge in [0.05, 0.1) is 0 Å². The minimum absolute atomic E-state index is 0.339. The van der Waals surface area contributed by atoms with E-state index in [2.05, 4.69) is 0 Å². The normalized spacial score (nSPS) is 19.5.